The van der Waals surface area contributed by atoms with E-state index in [1.54, 1.807) is 11.8 Å². The van der Waals surface area contributed by atoms with Gasteiger partial charge in [-0.15, -0.1) is 0 Å². The SMILES string of the molecule is CCCc1nc(N2CCSCC2S(C)(=O)=O)sc1C=O. The smallest absolute Gasteiger partial charge is 0.187 e. The first-order valence-corrected chi connectivity index (χ1v) is 10.4. The molecule has 0 spiro atoms. The van der Waals surface area contributed by atoms with Crippen molar-refractivity contribution in [3.05, 3.63) is 10.6 Å². The lowest BCUT2D eigenvalue weighted by Gasteiger charge is -2.33. The molecule has 2 heterocycles. The van der Waals surface area contributed by atoms with Gasteiger partial charge in [0.05, 0.1) is 10.6 Å². The Labute approximate surface area is 127 Å². The lowest BCUT2D eigenvalue weighted by Crippen LogP contribution is -2.47. The van der Waals surface area contributed by atoms with E-state index in [2.05, 4.69) is 4.98 Å². The number of thiazole rings is 1. The van der Waals surface area contributed by atoms with Crippen LogP contribution >= 0.6 is 23.1 Å². The molecule has 1 fully saturated rings. The van der Waals surface area contributed by atoms with Crippen LogP contribution < -0.4 is 4.90 Å². The fourth-order valence-electron chi connectivity index (χ4n) is 2.14. The van der Waals surface area contributed by atoms with Crippen molar-refractivity contribution in [2.24, 2.45) is 0 Å². The lowest BCUT2D eigenvalue weighted by atomic mass is 10.2. The Kier molecular flexibility index (Phi) is 5.09. The molecule has 1 aromatic heterocycles. The first-order chi connectivity index (χ1) is 9.47. The quantitative estimate of drug-likeness (QED) is 0.765. The number of hydrogen-bond donors (Lipinski definition) is 0. The van der Waals surface area contributed by atoms with E-state index in [0.717, 1.165) is 30.6 Å². The molecule has 20 heavy (non-hydrogen) atoms. The van der Waals surface area contributed by atoms with Crippen LogP contribution in [0.15, 0.2) is 0 Å². The highest BCUT2D eigenvalue weighted by atomic mass is 32.2. The maximum atomic E-state index is 11.9. The minimum Gasteiger partial charge on any atom is -0.329 e. The van der Waals surface area contributed by atoms with Crippen LogP contribution in [-0.2, 0) is 16.3 Å². The summed E-state index contributed by atoms with van der Waals surface area (Å²) in [6.45, 7) is 2.68. The molecule has 1 aliphatic rings. The van der Waals surface area contributed by atoms with Gasteiger partial charge in [0.25, 0.3) is 0 Å². The third kappa shape index (κ3) is 3.35. The van der Waals surface area contributed by atoms with Gasteiger partial charge in [0, 0.05) is 24.3 Å². The maximum absolute atomic E-state index is 11.9. The minimum atomic E-state index is -3.16. The van der Waals surface area contributed by atoms with Gasteiger partial charge in [-0.3, -0.25) is 4.79 Å². The van der Waals surface area contributed by atoms with E-state index < -0.39 is 15.2 Å². The second kappa shape index (κ2) is 6.44. The monoisotopic (exact) mass is 334 g/mol. The number of carbonyl (C=O) groups is 1. The highest BCUT2D eigenvalue weighted by Gasteiger charge is 2.33. The number of sulfone groups is 1. The summed E-state index contributed by atoms with van der Waals surface area (Å²) in [4.78, 5) is 18.1. The minimum absolute atomic E-state index is 0.540. The Hall–Kier alpha value is -0.600. The molecule has 1 atom stereocenters. The lowest BCUT2D eigenvalue weighted by molar-refractivity contribution is 0.112. The predicted molar refractivity (Wildman–Crippen MR) is 84.8 cm³/mol. The second-order valence-electron chi connectivity index (χ2n) is 4.73. The van der Waals surface area contributed by atoms with Crippen LogP contribution in [0.2, 0.25) is 0 Å². The van der Waals surface area contributed by atoms with Crippen LogP contribution in [0.25, 0.3) is 0 Å². The van der Waals surface area contributed by atoms with Gasteiger partial charge in [-0.2, -0.15) is 11.8 Å². The van der Waals surface area contributed by atoms with Gasteiger partial charge in [-0.1, -0.05) is 24.7 Å². The number of rotatable bonds is 5. The second-order valence-corrected chi connectivity index (χ2v) is 9.09. The summed E-state index contributed by atoms with van der Waals surface area (Å²) >= 11 is 2.94. The van der Waals surface area contributed by atoms with Crippen molar-refractivity contribution in [1.82, 2.24) is 4.98 Å². The molecule has 1 unspecified atom stereocenters. The van der Waals surface area contributed by atoms with E-state index in [0.29, 0.717) is 22.3 Å². The fraction of sp³-hybridized carbons (Fsp3) is 0.667. The molecular formula is C12H18N2O3S3. The van der Waals surface area contributed by atoms with Gasteiger partial charge >= 0.3 is 0 Å². The highest BCUT2D eigenvalue weighted by molar-refractivity contribution is 8.01. The molecule has 0 amide bonds. The summed E-state index contributed by atoms with van der Waals surface area (Å²) in [7, 11) is -3.16. The normalized spacial score (nSPS) is 20.1. The third-order valence-corrected chi connectivity index (χ3v) is 6.84. The number of anilines is 1. The van der Waals surface area contributed by atoms with Gasteiger partial charge in [0.15, 0.2) is 21.3 Å². The molecule has 0 saturated carbocycles. The molecule has 1 saturated heterocycles. The summed E-state index contributed by atoms with van der Waals surface area (Å²) in [6, 6.07) is 0. The van der Waals surface area contributed by atoms with Crippen LogP contribution in [0, 0.1) is 0 Å². The van der Waals surface area contributed by atoms with Crippen molar-refractivity contribution < 1.29 is 13.2 Å². The average Bonchev–Trinajstić information content (AvgIpc) is 2.81. The van der Waals surface area contributed by atoms with Gasteiger partial charge in [-0.25, -0.2) is 13.4 Å². The van der Waals surface area contributed by atoms with Crippen LogP contribution in [-0.4, -0.2) is 49.4 Å². The Bertz CT molecular complexity index is 583. The topological polar surface area (TPSA) is 67.3 Å². The first kappa shape index (κ1) is 15.8. The number of aldehydes is 1. The number of hydrogen-bond acceptors (Lipinski definition) is 7. The molecule has 0 bridgehead atoms. The van der Waals surface area contributed by atoms with E-state index in [1.165, 1.54) is 17.6 Å². The Morgan fingerprint density at radius 2 is 2.25 bits per heavy atom. The molecule has 2 rings (SSSR count). The molecular weight excluding hydrogens is 316 g/mol. The molecule has 8 heteroatoms. The van der Waals surface area contributed by atoms with Crippen molar-refractivity contribution in [3.63, 3.8) is 0 Å². The average molecular weight is 334 g/mol. The molecule has 0 N–H and O–H groups in total. The number of thioether (sulfide) groups is 1. The van der Waals surface area contributed by atoms with E-state index in [9.17, 15) is 13.2 Å². The number of aryl methyl sites for hydroxylation is 1. The molecule has 1 aromatic rings. The summed E-state index contributed by atoms with van der Waals surface area (Å²) in [6.07, 6.45) is 3.74. The summed E-state index contributed by atoms with van der Waals surface area (Å²) in [5.41, 5.74) is 0.785. The molecule has 0 radical (unpaired) electrons. The standard InChI is InChI=1S/C12H18N2O3S3/c1-3-4-9-10(7-15)19-12(13-9)14-5-6-18-8-11(14)20(2,16)17/h7,11H,3-6,8H2,1-2H3. The number of nitrogens with zero attached hydrogens (tertiary/aromatic N) is 2. The zero-order valence-corrected chi connectivity index (χ0v) is 14.0. The molecule has 0 aromatic carbocycles. The van der Waals surface area contributed by atoms with Crippen molar-refractivity contribution in [2.45, 2.75) is 25.1 Å². The highest BCUT2D eigenvalue weighted by Crippen LogP contribution is 2.32. The molecule has 112 valence electrons. The van der Waals surface area contributed by atoms with Crippen molar-refractivity contribution >= 4 is 44.4 Å². The zero-order chi connectivity index (χ0) is 14.8. The molecule has 5 nitrogen and oxygen atoms in total. The van der Waals surface area contributed by atoms with Crippen molar-refractivity contribution in [2.75, 3.05) is 29.2 Å². The van der Waals surface area contributed by atoms with Crippen LogP contribution in [0.5, 0.6) is 0 Å². The van der Waals surface area contributed by atoms with E-state index in [-0.39, 0.29) is 0 Å². The number of carbonyl (C=O) groups excluding carboxylic acids is 1. The predicted octanol–water partition coefficient (Wildman–Crippen LogP) is 1.83. The molecule has 0 aliphatic carbocycles. The van der Waals surface area contributed by atoms with Crippen LogP contribution in [0.1, 0.15) is 28.7 Å². The van der Waals surface area contributed by atoms with E-state index in [4.69, 9.17) is 0 Å². The van der Waals surface area contributed by atoms with Gasteiger partial charge in [0.1, 0.15) is 5.37 Å². The first-order valence-electron chi connectivity index (χ1n) is 6.45. The summed E-state index contributed by atoms with van der Waals surface area (Å²) < 4.78 is 23.8. The maximum Gasteiger partial charge on any atom is 0.187 e. The Morgan fingerprint density at radius 1 is 1.50 bits per heavy atom. The van der Waals surface area contributed by atoms with Crippen molar-refractivity contribution in [3.8, 4) is 0 Å². The third-order valence-electron chi connectivity index (χ3n) is 3.13. The molecule has 1 aliphatic heterocycles. The van der Waals surface area contributed by atoms with Gasteiger partial charge in [0.2, 0.25) is 0 Å². The summed E-state index contributed by atoms with van der Waals surface area (Å²) in [5.74, 6) is 1.43. The van der Waals surface area contributed by atoms with E-state index >= 15 is 0 Å². The van der Waals surface area contributed by atoms with Crippen LogP contribution in [0.3, 0.4) is 0 Å². The number of aromatic nitrogens is 1. The van der Waals surface area contributed by atoms with E-state index in [1.807, 2.05) is 11.8 Å². The largest absolute Gasteiger partial charge is 0.329 e. The Morgan fingerprint density at radius 3 is 2.85 bits per heavy atom. The van der Waals surface area contributed by atoms with Crippen molar-refractivity contribution in [1.29, 1.82) is 0 Å². The Balaban J connectivity index is 2.35. The summed E-state index contributed by atoms with van der Waals surface area (Å²) in [5, 5.41) is 0.118. The zero-order valence-electron chi connectivity index (χ0n) is 11.5. The fourth-order valence-corrected chi connectivity index (χ4v) is 6.02. The van der Waals surface area contributed by atoms with Gasteiger partial charge in [-0.05, 0) is 6.42 Å². The van der Waals surface area contributed by atoms with Gasteiger partial charge < -0.3 is 4.90 Å². The van der Waals surface area contributed by atoms with Crippen LogP contribution in [0.4, 0.5) is 5.13 Å².